The maximum absolute atomic E-state index is 11.5. The average Bonchev–Trinajstić information content (AvgIpc) is 2.72. The van der Waals surface area contributed by atoms with Crippen LogP contribution in [0.3, 0.4) is 0 Å². The molecule has 0 spiro atoms. The minimum absolute atomic E-state index is 0.338. The highest BCUT2D eigenvalue weighted by atomic mass is 17.2. The van der Waals surface area contributed by atoms with Crippen molar-refractivity contribution in [2.24, 2.45) is 0 Å². The Hall–Kier alpha value is -2.08. The van der Waals surface area contributed by atoms with Gasteiger partial charge in [-0.3, -0.25) is 9.59 Å². The number of rotatable bonds is 3. The van der Waals surface area contributed by atoms with Crippen LogP contribution in [0.2, 0.25) is 0 Å². The maximum Gasteiger partial charge on any atom is 0.322 e. The Morgan fingerprint density at radius 3 is 3.00 bits per heavy atom. The molecule has 6 heteroatoms. The van der Waals surface area contributed by atoms with Gasteiger partial charge in [0, 0.05) is 11.1 Å². The van der Waals surface area contributed by atoms with Gasteiger partial charge < -0.3 is 15.3 Å². The highest BCUT2D eigenvalue weighted by molar-refractivity contribution is 5.96. The molecule has 6 nitrogen and oxygen atoms in total. The molecular weight excluding hydrogens is 214 g/mol. The number of hydrogen-bond donors (Lipinski definition) is 2. The molecule has 2 rings (SSSR count). The van der Waals surface area contributed by atoms with Crippen molar-refractivity contribution in [2.45, 2.75) is 6.61 Å². The molecule has 0 atom stereocenters. The second-order valence-corrected chi connectivity index (χ2v) is 3.24. The molecule has 0 fully saturated rings. The average molecular weight is 223 g/mol. The molecule has 1 aromatic carbocycles. The van der Waals surface area contributed by atoms with Crippen molar-refractivity contribution in [1.82, 2.24) is 5.32 Å². The largest absolute Gasteiger partial charge is 0.480 e. The van der Waals surface area contributed by atoms with Gasteiger partial charge in [-0.2, -0.15) is 4.89 Å². The fourth-order valence-electron chi connectivity index (χ4n) is 1.31. The standard InChI is InChI=1S/C10H9NO5/c12-9(13)4-11-10(14)6-1-2-7-5-15-16-8(7)3-6/h1-3H,4-5H2,(H,11,14)(H,12,13). The van der Waals surface area contributed by atoms with Gasteiger partial charge in [0.15, 0.2) is 5.75 Å². The van der Waals surface area contributed by atoms with Crippen molar-refractivity contribution >= 4 is 11.9 Å². The van der Waals surface area contributed by atoms with Crippen LogP contribution in [0.5, 0.6) is 5.75 Å². The lowest BCUT2D eigenvalue weighted by molar-refractivity contribution is -0.194. The smallest absolute Gasteiger partial charge is 0.322 e. The van der Waals surface area contributed by atoms with Gasteiger partial charge in [-0.25, -0.2) is 0 Å². The van der Waals surface area contributed by atoms with Crippen molar-refractivity contribution < 1.29 is 24.5 Å². The van der Waals surface area contributed by atoms with Gasteiger partial charge in [0.25, 0.3) is 5.91 Å². The van der Waals surface area contributed by atoms with E-state index in [1.165, 1.54) is 6.07 Å². The Balaban J connectivity index is 2.09. The van der Waals surface area contributed by atoms with E-state index >= 15 is 0 Å². The monoisotopic (exact) mass is 223 g/mol. The number of amides is 1. The van der Waals surface area contributed by atoms with E-state index in [0.29, 0.717) is 17.9 Å². The van der Waals surface area contributed by atoms with Crippen LogP contribution in [0, 0.1) is 0 Å². The first-order valence-electron chi connectivity index (χ1n) is 4.59. The SMILES string of the molecule is O=C(O)CNC(=O)c1ccc2c(c1)OOC2. The number of carboxylic acids is 1. The van der Waals surface area contributed by atoms with Crippen LogP contribution in [-0.4, -0.2) is 23.5 Å². The number of nitrogens with one attached hydrogen (secondary N) is 1. The number of carbonyl (C=O) groups excluding carboxylic acids is 1. The van der Waals surface area contributed by atoms with Crippen LogP contribution in [0.25, 0.3) is 0 Å². The van der Waals surface area contributed by atoms with Gasteiger partial charge in [0.2, 0.25) is 0 Å². The molecule has 0 bridgehead atoms. The summed E-state index contributed by atoms with van der Waals surface area (Å²) in [7, 11) is 0. The first-order chi connectivity index (χ1) is 7.66. The summed E-state index contributed by atoms with van der Waals surface area (Å²) in [6.45, 7) is -0.0559. The van der Waals surface area contributed by atoms with Crippen LogP contribution in [0.4, 0.5) is 0 Å². The van der Waals surface area contributed by atoms with Crippen LogP contribution in [0.1, 0.15) is 15.9 Å². The van der Waals surface area contributed by atoms with E-state index in [2.05, 4.69) is 5.32 Å². The predicted octanol–water partition coefficient (Wildman–Crippen LogP) is 0.325. The third-order valence-corrected chi connectivity index (χ3v) is 2.09. The van der Waals surface area contributed by atoms with Gasteiger partial charge in [0.1, 0.15) is 13.2 Å². The second kappa shape index (κ2) is 4.19. The Kier molecular flexibility index (Phi) is 2.74. The Morgan fingerprint density at radius 2 is 2.25 bits per heavy atom. The number of aliphatic carboxylic acids is 1. The highest BCUT2D eigenvalue weighted by Gasteiger charge is 2.16. The first kappa shape index (κ1) is 10.4. The Bertz CT molecular complexity index is 443. The minimum atomic E-state index is -1.09. The van der Waals surface area contributed by atoms with Gasteiger partial charge in [-0.15, -0.1) is 0 Å². The van der Waals surface area contributed by atoms with Crippen LogP contribution < -0.4 is 10.2 Å². The Morgan fingerprint density at radius 1 is 1.44 bits per heavy atom. The third kappa shape index (κ3) is 2.12. The van der Waals surface area contributed by atoms with Crippen molar-refractivity contribution in [3.8, 4) is 5.75 Å². The molecule has 1 aliphatic heterocycles. The quantitative estimate of drug-likeness (QED) is 0.721. The normalized spacial score (nSPS) is 12.8. The molecule has 0 aromatic heterocycles. The van der Waals surface area contributed by atoms with Crippen LogP contribution in [-0.2, 0) is 16.3 Å². The van der Waals surface area contributed by atoms with E-state index in [1.54, 1.807) is 12.1 Å². The number of hydrogen-bond acceptors (Lipinski definition) is 4. The molecule has 0 saturated carbocycles. The third-order valence-electron chi connectivity index (χ3n) is 2.09. The fraction of sp³-hybridized carbons (Fsp3) is 0.200. The van der Waals surface area contributed by atoms with E-state index in [-0.39, 0.29) is 0 Å². The van der Waals surface area contributed by atoms with E-state index in [0.717, 1.165) is 5.56 Å². The molecule has 1 heterocycles. The molecule has 1 aliphatic rings. The molecule has 1 amide bonds. The summed E-state index contributed by atoms with van der Waals surface area (Å²) in [5, 5.41) is 10.7. The summed E-state index contributed by atoms with van der Waals surface area (Å²) < 4.78 is 0. The zero-order valence-corrected chi connectivity index (χ0v) is 8.23. The molecule has 2 N–H and O–H groups in total. The number of carbonyl (C=O) groups is 2. The highest BCUT2D eigenvalue weighted by Crippen LogP contribution is 2.26. The lowest BCUT2D eigenvalue weighted by Crippen LogP contribution is -2.29. The zero-order valence-electron chi connectivity index (χ0n) is 8.23. The van der Waals surface area contributed by atoms with E-state index in [4.69, 9.17) is 14.9 Å². The van der Waals surface area contributed by atoms with Gasteiger partial charge in [-0.05, 0) is 12.1 Å². The molecule has 0 saturated heterocycles. The summed E-state index contributed by atoms with van der Waals surface area (Å²) in [5.41, 5.74) is 1.19. The second-order valence-electron chi connectivity index (χ2n) is 3.24. The topological polar surface area (TPSA) is 84.9 Å². The molecule has 0 unspecified atom stereocenters. The lowest BCUT2D eigenvalue weighted by atomic mass is 10.1. The van der Waals surface area contributed by atoms with Crippen molar-refractivity contribution in [3.05, 3.63) is 29.3 Å². The molecule has 84 valence electrons. The molecule has 0 radical (unpaired) electrons. The van der Waals surface area contributed by atoms with Gasteiger partial charge in [0.05, 0.1) is 0 Å². The van der Waals surface area contributed by atoms with E-state index in [9.17, 15) is 9.59 Å². The van der Waals surface area contributed by atoms with E-state index in [1.807, 2.05) is 0 Å². The summed E-state index contributed by atoms with van der Waals surface area (Å²) in [5.74, 6) is -1.06. The zero-order chi connectivity index (χ0) is 11.5. The van der Waals surface area contributed by atoms with Crippen molar-refractivity contribution in [1.29, 1.82) is 0 Å². The predicted molar refractivity (Wildman–Crippen MR) is 51.8 cm³/mol. The summed E-state index contributed by atoms with van der Waals surface area (Å²) >= 11 is 0. The molecular formula is C10H9NO5. The molecule has 1 aromatic rings. The lowest BCUT2D eigenvalue weighted by Gasteiger charge is -2.03. The number of fused-ring (bicyclic) bond motifs is 1. The summed E-state index contributed by atoms with van der Waals surface area (Å²) in [6, 6.07) is 4.81. The van der Waals surface area contributed by atoms with Gasteiger partial charge in [-0.1, -0.05) is 6.07 Å². The van der Waals surface area contributed by atoms with Crippen molar-refractivity contribution in [2.75, 3.05) is 6.54 Å². The van der Waals surface area contributed by atoms with Crippen molar-refractivity contribution in [3.63, 3.8) is 0 Å². The molecule has 16 heavy (non-hydrogen) atoms. The summed E-state index contributed by atoms with van der Waals surface area (Å²) in [6.07, 6.45) is 0. The van der Waals surface area contributed by atoms with Crippen LogP contribution in [0.15, 0.2) is 18.2 Å². The molecule has 0 aliphatic carbocycles. The number of benzene rings is 1. The summed E-state index contributed by atoms with van der Waals surface area (Å²) in [4.78, 5) is 31.3. The number of carboxylic acid groups (broad SMARTS) is 1. The first-order valence-corrected chi connectivity index (χ1v) is 4.59. The van der Waals surface area contributed by atoms with E-state index < -0.39 is 18.4 Å². The van der Waals surface area contributed by atoms with Crippen LogP contribution >= 0.6 is 0 Å². The fourth-order valence-corrected chi connectivity index (χ4v) is 1.31. The maximum atomic E-state index is 11.5. The van der Waals surface area contributed by atoms with Gasteiger partial charge >= 0.3 is 5.97 Å². The Labute approximate surface area is 90.7 Å². The minimum Gasteiger partial charge on any atom is -0.480 e.